The topological polar surface area (TPSA) is 65.4 Å². The molecule has 1 aliphatic rings. The Morgan fingerprint density at radius 1 is 1.28 bits per heavy atom. The third-order valence-electron chi connectivity index (χ3n) is 3.90. The largest absolute Gasteiger partial charge is 0.382 e. The van der Waals surface area contributed by atoms with Crippen LogP contribution in [0.4, 0.5) is 5.82 Å². The van der Waals surface area contributed by atoms with Gasteiger partial charge in [0.15, 0.2) is 0 Å². The maximum absolute atomic E-state index is 5.96. The van der Waals surface area contributed by atoms with Gasteiger partial charge in [-0.05, 0) is 25.7 Å². The fraction of sp³-hybridized carbons (Fsp3) is 0.538. The van der Waals surface area contributed by atoms with Crippen molar-refractivity contribution in [3.63, 3.8) is 0 Å². The van der Waals surface area contributed by atoms with Crippen molar-refractivity contribution in [2.24, 2.45) is 0 Å². The minimum absolute atomic E-state index is 0.408. The quantitative estimate of drug-likeness (QED) is 0.880. The Morgan fingerprint density at radius 2 is 2.06 bits per heavy atom. The van der Waals surface area contributed by atoms with Gasteiger partial charge in [0, 0.05) is 25.4 Å². The summed E-state index contributed by atoms with van der Waals surface area (Å²) in [7, 11) is 1.79. The Hall–Kier alpha value is -1.62. The first-order chi connectivity index (χ1) is 8.79. The van der Waals surface area contributed by atoms with Gasteiger partial charge in [0.1, 0.15) is 11.3 Å². The van der Waals surface area contributed by atoms with Crippen LogP contribution in [0.5, 0.6) is 0 Å². The lowest BCUT2D eigenvalue weighted by molar-refractivity contribution is 0.0656. The SMILES string of the molecule is COC1CCC(c2ncn3ccnc(N)c23)CC1. The molecule has 5 heteroatoms. The van der Waals surface area contributed by atoms with Crippen molar-refractivity contribution in [2.45, 2.75) is 37.7 Å². The minimum Gasteiger partial charge on any atom is -0.382 e. The number of rotatable bonds is 2. The lowest BCUT2D eigenvalue weighted by Gasteiger charge is -2.26. The van der Waals surface area contributed by atoms with Gasteiger partial charge in [-0.15, -0.1) is 0 Å². The summed E-state index contributed by atoms with van der Waals surface area (Å²) in [5.74, 6) is 1.05. The lowest BCUT2D eigenvalue weighted by atomic mass is 9.85. The number of nitrogen functional groups attached to an aromatic ring is 1. The highest BCUT2D eigenvalue weighted by molar-refractivity contribution is 5.69. The van der Waals surface area contributed by atoms with Crippen LogP contribution in [0.15, 0.2) is 18.7 Å². The van der Waals surface area contributed by atoms with Gasteiger partial charge in [0.25, 0.3) is 0 Å². The van der Waals surface area contributed by atoms with Crippen LogP contribution in [0, 0.1) is 0 Å². The van der Waals surface area contributed by atoms with E-state index in [9.17, 15) is 0 Å². The zero-order chi connectivity index (χ0) is 12.5. The fourth-order valence-corrected chi connectivity index (χ4v) is 2.87. The maximum atomic E-state index is 5.96. The molecule has 3 rings (SSSR count). The summed E-state index contributed by atoms with van der Waals surface area (Å²) >= 11 is 0. The highest BCUT2D eigenvalue weighted by atomic mass is 16.5. The molecule has 96 valence electrons. The van der Waals surface area contributed by atoms with Crippen molar-refractivity contribution in [1.82, 2.24) is 14.4 Å². The maximum Gasteiger partial charge on any atom is 0.149 e. The van der Waals surface area contributed by atoms with Crippen molar-refractivity contribution in [2.75, 3.05) is 12.8 Å². The molecule has 5 nitrogen and oxygen atoms in total. The van der Waals surface area contributed by atoms with Crippen LogP contribution in [-0.4, -0.2) is 27.6 Å². The summed E-state index contributed by atoms with van der Waals surface area (Å²) < 4.78 is 7.36. The predicted octanol–water partition coefficient (Wildman–Crippen LogP) is 1.98. The Balaban J connectivity index is 1.91. The average Bonchev–Trinajstić information content (AvgIpc) is 2.84. The molecule has 0 radical (unpaired) electrons. The van der Waals surface area contributed by atoms with Crippen molar-refractivity contribution in [3.05, 3.63) is 24.4 Å². The van der Waals surface area contributed by atoms with Crippen LogP contribution in [0.3, 0.4) is 0 Å². The number of hydrogen-bond acceptors (Lipinski definition) is 4. The van der Waals surface area contributed by atoms with Gasteiger partial charge in [-0.2, -0.15) is 0 Å². The molecule has 1 saturated carbocycles. The molecule has 18 heavy (non-hydrogen) atoms. The number of methoxy groups -OCH3 is 1. The molecular weight excluding hydrogens is 228 g/mol. The number of aromatic nitrogens is 3. The second-order valence-electron chi connectivity index (χ2n) is 4.91. The van der Waals surface area contributed by atoms with E-state index >= 15 is 0 Å². The smallest absolute Gasteiger partial charge is 0.149 e. The normalized spacial score (nSPS) is 24.5. The van der Waals surface area contributed by atoms with Crippen molar-refractivity contribution < 1.29 is 4.74 Å². The van der Waals surface area contributed by atoms with E-state index in [1.54, 1.807) is 13.3 Å². The zero-order valence-electron chi connectivity index (χ0n) is 10.5. The monoisotopic (exact) mass is 246 g/mol. The highest BCUT2D eigenvalue weighted by Gasteiger charge is 2.25. The van der Waals surface area contributed by atoms with Crippen LogP contribution in [0.25, 0.3) is 5.52 Å². The summed E-state index contributed by atoms with van der Waals surface area (Å²) in [6.07, 6.45) is 10.2. The molecule has 2 heterocycles. The van der Waals surface area contributed by atoms with Crippen LogP contribution >= 0.6 is 0 Å². The summed E-state index contributed by atoms with van der Waals surface area (Å²) in [5.41, 5.74) is 8.03. The Morgan fingerprint density at radius 3 is 2.78 bits per heavy atom. The molecule has 1 aliphatic carbocycles. The average molecular weight is 246 g/mol. The van der Waals surface area contributed by atoms with E-state index in [0.717, 1.165) is 36.9 Å². The third-order valence-corrected chi connectivity index (χ3v) is 3.90. The van der Waals surface area contributed by atoms with Crippen LogP contribution in [0.1, 0.15) is 37.3 Å². The fourth-order valence-electron chi connectivity index (χ4n) is 2.87. The third kappa shape index (κ3) is 1.84. The number of nitrogens with two attached hydrogens (primary N) is 1. The van der Waals surface area contributed by atoms with E-state index in [-0.39, 0.29) is 0 Å². The summed E-state index contributed by atoms with van der Waals surface area (Å²) in [6, 6.07) is 0. The number of hydrogen-bond donors (Lipinski definition) is 1. The summed E-state index contributed by atoms with van der Waals surface area (Å²) in [6.45, 7) is 0. The van der Waals surface area contributed by atoms with Gasteiger partial charge in [0.2, 0.25) is 0 Å². The molecule has 2 N–H and O–H groups in total. The van der Waals surface area contributed by atoms with E-state index in [1.165, 1.54) is 0 Å². The molecule has 0 spiro atoms. The molecule has 0 aliphatic heterocycles. The molecule has 0 atom stereocenters. The number of fused-ring (bicyclic) bond motifs is 1. The van der Waals surface area contributed by atoms with Crippen LogP contribution < -0.4 is 5.73 Å². The van der Waals surface area contributed by atoms with Gasteiger partial charge >= 0.3 is 0 Å². The van der Waals surface area contributed by atoms with Gasteiger partial charge in [-0.1, -0.05) is 0 Å². The Bertz CT molecular complexity index is 543. The Kier molecular flexibility index (Phi) is 2.91. The lowest BCUT2D eigenvalue weighted by Crippen LogP contribution is -2.19. The number of imidazole rings is 1. The van der Waals surface area contributed by atoms with E-state index in [1.807, 2.05) is 16.9 Å². The second kappa shape index (κ2) is 4.57. The van der Waals surface area contributed by atoms with Crippen molar-refractivity contribution in [3.8, 4) is 0 Å². The van der Waals surface area contributed by atoms with Gasteiger partial charge < -0.3 is 14.9 Å². The van der Waals surface area contributed by atoms with E-state index in [2.05, 4.69) is 9.97 Å². The number of ether oxygens (including phenoxy) is 1. The first-order valence-corrected chi connectivity index (χ1v) is 6.39. The molecule has 0 saturated heterocycles. The van der Waals surface area contributed by atoms with Crippen LogP contribution in [-0.2, 0) is 4.74 Å². The first kappa shape index (κ1) is 11.5. The second-order valence-corrected chi connectivity index (χ2v) is 4.91. The standard InChI is InChI=1S/C13H18N4O/c1-18-10-4-2-9(3-5-10)11-12-13(14)15-6-7-17(12)8-16-11/h6-10H,2-5H2,1H3,(H2,14,15). The number of anilines is 1. The van der Waals surface area contributed by atoms with E-state index in [4.69, 9.17) is 10.5 Å². The summed E-state index contributed by atoms with van der Waals surface area (Å²) in [5, 5.41) is 0. The van der Waals surface area contributed by atoms with Crippen molar-refractivity contribution >= 4 is 11.3 Å². The van der Waals surface area contributed by atoms with E-state index in [0.29, 0.717) is 17.8 Å². The molecule has 0 bridgehead atoms. The minimum atomic E-state index is 0.408. The molecular formula is C13H18N4O. The highest BCUT2D eigenvalue weighted by Crippen LogP contribution is 2.35. The number of nitrogens with zero attached hydrogens (tertiary/aromatic N) is 3. The molecule has 0 amide bonds. The molecule has 0 unspecified atom stereocenters. The molecule has 2 aromatic heterocycles. The zero-order valence-corrected chi connectivity index (χ0v) is 10.5. The van der Waals surface area contributed by atoms with Gasteiger partial charge in [-0.25, -0.2) is 9.97 Å². The Labute approximate surface area is 106 Å². The molecule has 1 fully saturated rings. The summed E-state index contributed by atoms with van der Waals surface area (Å²) in [4.78, 5) is 8.69. The first-order valence-electron chi connectivity index (χ1n) is 6.39. The predicted molar refractivity (Wildman–Crippen MR) is 69.4 cm³/mol. The molecule has 2 aromatic rings. The van der Waals surface area contributed by atoms with Gasteiger partial charge in [0.05, 0.1) is 18.1 Å². The molecule has 0 aromatic carbocycles. The van der Waals surface area contributed by atoms with Crippen LogP contribution in [0.2, 0.25) is 0 Å². The van der Waals surface area contributed by atoms with Crippen molar-refractivity contribution in [1.29, 1.82) is 0 Å². The van der Waals surface area contributed by atoms with Gasteiger partial charge in [-0.3, -0.25) is 0 Å². The van der Waals surface area contributed by atoms with E-state index < -0.39 is 0 Å².